The highest BCUT2D eigenvalue weighted by molar-refractivity contribution is 6.01. The Kier molecular flexibility index (Phi) is 6.61. The van der Waals surface area contributed by atoms with E-state index in [1.54, 1.807) is 24.3 Å². The molecule has 0 saturated heterocycles. The molecule has 0 radical (unpaired) electrons. The lowest BCUT2D eigenvalue weighted by molar-refractivity contribution is 0.0955. The van der Waals surface area contributed by atoms with Crippen LogP contribution in [0.5, 0.6) is 5.75 Å². The van der Waals surface area contributed by atoms with Crippen LogP contribution in [-0.2, 0) is 0 Å². The van der Waals surface area contributed by atoms with Gasteiger partial charge in [-0.25, -0.2) is 14.4 Å². The molecule has 0 fully saturated rings. The molecule has 9 nitrogen and oxygen atoms in total. The summed E-state index contributed by atoms with van der Waals surface area (Å²) in [6, 6.07) is 9.24. The van der Waals surface area contributed by atoms with Crippen molar-refractivity contribution in [1.82, 2.24) is 20.6 Å². The standard InChI is InChI=1S/C21H21FN6O3/c1-23-20(29)12-4-6-15(17(8-12)31-3)27-16-9-19(26-11-14(16)21(30)24-2)28-18-7-5-13(22)10-25-18/h4-11H,1-3H3,(H,23,29)(H,24,30)(H2,25,26,27,28). The molecule has 1 aromatic carbocycles. The van der Waals surface area contributed by atoms with E-state index in [1.807, 2.05) is 0 Å². The average molecular weight is 424 g/mol. The zero-order valence-electron chi connectivity index (χ0n) is 17.1. The van der Waals surface area contributed by atoms with E-state index in [0.717, 1.165) is 6.20 Å². The van der Waals surface area contributed by atoms with E-state index in [2.05, 4.69) is 31.2 Å². The minimum Gasteiger partial charge on any atom is -0.495 e. The number of nitrogens with one attached hydrogen (secondary N) is 4. The zero-order valence-corrected chi connectivity index (χ0v) is 17.1. The van der Waals surface area contributed by atoms with E-state index in [1.165, 1.54) is 39.5 Å². The van der Waals surface area contributed by atoms with Gasteiger partial charge in [0.1, 0.15) is 23.2 Å². The molecule has 0 saturated carbocycles. The van der Waals surface area contributed by atoms with E-state index in [4.69, 9.17) is 4.74 Å². The van der Waals surface area contributed by atoms with Crippen LogP contribution >= 0.6 is 0 Å². The van der Waals surface area contributed by atoms with Crippen molar-refractivity contribution in [2.45, 2.75) is 0 Å². The highest BCUT2D eigenvalue weighted by Gasteiger charge is 2.15. The number of anilines is 4. The summed E-state index contributed by atoms with van der Waals surface area (Å²) in [5, 5.41) is 11.2. The van der Waals surface area contributed by atoms with Crippen LogP contribution in [-0.4, -0.2) is 43.0 Å². The molecular formula is C21H21FN6O3. The topological polar surface area (TPSA) is 117 Å². The summed E-state index contributed by atoms with van der Waals surface area (Å²) in [7, 11) is 4.53. The number of halogens is 1. The first kappa shape index (κ1) is 21.5. The molecule has 0 aliphatic carbocycles. The lowest BCUT2D eigenvalue weighted by Gasteiger charge is -2.16. The number of amides is 2. The molecule has 0 unspecified atom stereocenters. The van der Waals surface area contributed by atoms with E-state index in [0.29, 0.717) is 34.3 Å². The summed E-state index contributed by atoms with van der Waals surface area (Å²) in [5.74, 6) is 0.134. The molecule has 2 amide bonds. The summed E-state index contributed by atoms with van der Waals surface area (Å²) in [6.45, 7) is 0. The van der Waals surface area contributed by atoms with Gasteiger partial charge in [-0.15, -0.1) is 0 Å². The Morgan fingerprint density at radius 1 is 0.871 bits per heavy atom. The van der Waals surface area contributed by atoms with E-state index in [-0.39, 0.29) is 17.4 Å². The second-order valence-corrected chi connectivity index (χ2v) is 6.30. The number of nitrogens with zero attached hydrogens (tertiary/aromatic N) is 2. The number of aromatic nitrogens is 2. The van der Waals surface area contributed by atoms with Gasteiger partial charge in [0.2, 0.25) is 0 Å². The molecule has 4 N–H and O–H groups in total. The summed E-state index contributed by atoms with van der Waals surface area (Å²) in [6.07, 6.45) is 2.48. The fourth-order valence-electron chi connectivity index (χ4n) is 2.75. The van der Waals surface area contributed by atoms with Gasteiger partial charge in [0.05, 0.1) is 30.2 Å². The molecule has 2 heterocycles. The van der Waals surface area contributed by atoms with Gasteiger partial charge in [-0.2, -0.15) is 0 Å². The zero-order chi connectivity index (χ0) is 22.4. The van der Waals surface area contributed by atoms with Crippen molar-refractivity contribution in [2.75, 3.05) is 31.8 Å². The van der Waals surface area contributed by atoms with Crippen molar-refractivity contribution in [3.63, 3.8) is 0 Å². The number of hydrogen-bond donors (Lipinski definition) is 4. The van der Waals surface area contributed by atoms with Crippen LogP contribution in [0.2, 0.25) is 0 Å². The molecule has 0 spiro atoms. The van der Waals surface area contributed by atoms with E-state index >= 15 is 0 Å². The monoisotopic (exact) mass is 424 g/mol. The Hall–Kier alpha value is -4.21. The Bertz CT molecular complexity index is 1100. The van der Waals surface area contributed by atoms with Crippen LogP contribution < -0.4 is 26.0 Å². The summed E-state index contributed by atoms with van der Waals surface area (Å²) in [5.41, 5.74) is 1.69. The van der Waals surface area contributed by atoms with E-state index < -0.39 is 5.82 Å². The molecule has 31 heavy (non-hydrogen) atoms. The third-order valence-electron chi connectivity index (χ3n) is 4.32. The first-order valence-electron chi connectivity index (χ1n) is 9.23. The first-order valence-corrected chi connectivity index (χ1v) is 9.23. The van der Waals surface area contributed by atoms with Crippen LogP contribution in [0.4, 0.5) is 27.4 Å². The number of carbonyl (C=O) groups excluding carboxylic acids is 2. The Labute approximate surface area is 178 Å². The maximum absolute atomic E-state index is 13.1. The number of ether oxygens (including phenoxy) is 1. The number of benzene rings is 1. The van der Waals surface area contributed by atoms with E-state index in [9.17, 15) is 14.0 Å². The number of methoxy groups -OCH3 is 1. The number of rotatable bonds is 7. The van der Waals surface area contributed by atoms with Gasteiger partial charge in [-0.05, 0) is 30.3 Å². The highest BCUT2D eigenvalue weighted by Crippen LogP contribution is 2.31. The molecule has 0 bridgehead atoms. The SMILES string of the molecule is CNC(=O)c1ccc(Nc2cc(Nc3ccc(F)cn3)ncc2C(=O)NC)c(OC)c1. The van der Waals surface area contributed by atoms with Crippen molar-refractivity contribution in [3.8, 4) is 5.75 Å². The quantitative estimate of drug-likeness (QED) is 0.461. The van der Waals surface area contributed by atoms with Crippen molar-refractivity contribution in [2.24, 2.45) is 0 Å². The van der Waals surface area contributed by atoms with Gasteiger partial charge < -0.3 is 26.0 Å². The van der Waals surface area contributed by atoms with Crippen LogP contribution in [0.25, 0.3) is 0 Å². The van der Waals surface area contributed by atoms with Crippen molar-refractivity contribution >= 4 is 34.8 Å². The minimum atomic E-state index is -0.455. The van der Waals surface area contributed by atoms with Gasteiger partial charge in [0.25, 0.3) is 11.8 Å². The molecular weight excluding hydrogens is 403 g/mol. The molecule has 0 atom stereocenters. The van der Waals surface area contributed by atoms with Gasteiger partial charge >= 0.3 is 0 Å². The average Bonchev–Trinajstić information content (AvgIpc) is 2.80. The molecule has 3 aromatic rings. The largest absolute Gasteiger partial charge is 0.495 e. The summed E-state index contributed by atoms with van der Waals surface area (Å²) in [4.78, 5) is 32.4. The summed E-state index contributed by atoms with van der Waals surface area (Å²) < 4.78 is 18.5. The van der Waals surface area contributed by atoms with Crippen molar-refractivity contribution < 1.29 is 18.7 Å². The number of pyridine rings is 2. The third kappa shape index (κ3) is 5.04. The number of carbonyl (C=O) groups is 2. The highest BCUT2D eigenvalue weighted by atomic mass is 19.1. The Morgan fingerprint density at radius 2 is 1.61 bits per heavy atom. The first-order chi connectivity index (χ1) is 14.9. The van der Waals surface area contributed by atoms with Crippen molar-refractivity contribution in [1.29, 1.82) is 0 Å². The van der Waals surface area contributed by atoms with Gasteiger partial charge in [-0.1, -0.05) is 0 Å². The van der Waals surface area contributed by atoms with Gasteiger partial charge in [0, 0.05) is 31.9 Å². The third-order valence-corrected chi connectivity index (χ3v) is 4.32. The predicted octanol–water partition coefficient (Wildman–Crippen LogP) is 2.83. The van der Waals surface area contributed by atoms with Gasteiger partial charge in [-0.3, -0.25) is 9.59 Å². The maximum Gasteiger partial charge on any atom is 0.254 e. The normalized spacial score (nSPS) is 10.2. The smallest absolute Gasteiger partial charge is 0.254 e. The Balaban J connectivity index is 1.96. The predicted molar refractivity (Wildman–Crippen MR) is 115 cm³/mol. The number of hydrogen-bond acceptors (Lipinski definition) is 7. The molecule has 0 aliphatic rings. The van der Waals surface area contributed by atoms with Crippen molar-refractivity contribution in [3.05, 3.63) is 65.7 Å². The second kappa shape index (κ2) is 9.53. The second-order valence-electron chi connectivity index (χ2n) is 6.30. The lowest BCUT2D eigenvalue weighted by Crippen LogP contribution is -2.20. The lowest BCUT2D eigenvalue weighted by atomic mass is 10.1. The minimum absolute atomic E-state index is 0.252. The molecule has 10 heteroatoms. The van der Waals surface area contributed by atoms with Crippen LogP contribution in [0, 0.1) is 5.82 Å². The molecule has 3 rings (SSSR count). The molecule has 2 aromatic heterocycles. The fraction of sp³-hybridized carbons (Fsp3) is 0.143. The Morgan fingerprint density at radius 3 is 2.26 bits per heavy atom. The fourth-order valence-corrected chi connectivity index (χ4v) is 2.75. The summed E-state index contributed by atoms with van der Waals surface area (Å²) >= 11 is 0. The van der Waals surface area contributed by atoms with Crippen LogP contribution in [0.15, 0.2) is 48.8 Å². The maximum atomic E-state index is 13.1. The molecule has 160 valence electrons. The van der Waals surface area contributed by atoms with Crippen LogP contribution in [0.1, 0.15) is 20.7 Å². The molecule has 0 aliphatic heterocycles. The van der Waals surface area contributed by atoms with Gasteiger partial charge in [0.15, 0.2) is 0 Å². The van der Waals surface area contributed by atoms with Crippen LogP contribution in [0.3, 0.4) is 0 Å².